The monoisotopic (exact) mass is 418 g/mol. The number of ether oxygens (including phenoxy) is 2. The lowest BCUT2D eigenvalue weighted by Gasteiger charge is -2.14. The van der Waals surface area contributed by atoms with Crippen molar-refractivity contribution in [3.8, 4) is 11.5 Å². The van der Waals surface area contributed by atoms with Crippen molar-refractivity contribution in [2.45, 2.75) is 13.5 Å². The molecule has 0 atom stereocenters. The van der Waals surface area contributed by atoms with Crippen LogP contribution >= 0.6 is 0 Å². The first-order valence-corrected chi connectivity index (χ1v) is 9.71. The minimum absolute atomic E-state index is 0.0421. The molecule has 0 saturated carbocycles. The molecule has 1 N–H and O–H groups in total. The highest BCUT2D eigenvalue weighted by atomic mass is 16.5. The lowest BCUT2D eigenvalue weighted by molar-refractivity contribution is -0.137. The van der Waals surface area contributed by atoms with Crippen LogP contribution in [0.4, 0.5) is 5.69 Å². The maximum atomic E-state index is 13.4. The topological polar surface area (TPSA) is 81.0 Å². The number of amides is 2. The Hall–Kier alpha value is -4.00. The van der Waals surface area contributed by atoms with E-state index in [9.17, 15) is 9.59 Å². The number of hydrogen-bond acceptors (Lipinski definition) is 6. The first-order valence-electron chi connectivity index (χ1n) is 9.71. The van der Waals surface area contributed by atoms with Crippen LogP contribution in [0.5, 0.6) is 11.5 Å². The number of benzene rings is 2. The molecule has 1 aliphatic rings. The second-order valence-electron chi connectivity index (χ2n) is 7.04. The Labute approximate surface area is 179 Å². The van der Waals surface area contributed by atoms with Crippen LogP contribution in [0, 0.1) is 6.92 Å². The Bertz CT molecular complexity index is 1160. The van der Waals surface area contributed by atoms with Gasteiger partial charge >= 0.3 is 0 Å². The Morgan fingerprint density at radius 3 is 2.39 bits per heavy atom. The number of hydrogen-bond donors (Lipinski definition) is 1. The van der Waals surface area contributed by atoms with Gasteiger partial charge in [0.25, 0.3) is 11.8 Å². The van der Waals surface area contributed by atoms with E-state index in [-0.39, 0.29) is 17.8 Å². The van der Waals surface area contributed by atoms with Gasteiger partial charge in [0.2, 0.25) is 0 Å². The van der Waals surface area contributed by atoms with E-state index >= 15 is 0 Å². The van der Waals surface area contributed by atoms with Crippen molar-refractivity contribution in [3.63, 3.8) is 0 Å². The highest BCUT2D eigenvalue weighted by Crippen LogP contribution is 2.36. The summed E-state index contributed by atoms with van der Waals surface area (Å²) in [5.41, 5.74) is 2.72. The summed E-state index contributed by atoms with van der Waals surface area (Å²) >= 11 is 0. The Morgan fingerprint density at radius 1 is 0.935 bits per heavy atom. The van der Waals surface area contributed by atoms with Gasteiger partial charge < -0.3 is 19.2 Å². The summed E-state index contributed by atoms with van der Waals surface area (Å²) < 4.78 is 16.0. The lowest BCUT2D eigenvalue weighted by atomic mass is 10.0. The van der Waals surface area contributed by atoms with Crippen molar-refractivity contribution >= 4 is 23.1 Å². The van der Waals surface area contributed by atoms with Crippen LogP contribution in [-0.2, 0) is 16.1 Å². The third-order valence-electron chi connectivity index (χ3n) is 5.14. The summed E-state index contributed by atoms with van der Waals surface area (Å²) in [5.74, 6) is 0.682. The summed E-state index contributed by atoms with van der Waals surface area (Å²) in [6, 6.07) is 16.1. The summed E-state index contributed by atoms with van der Waals surface area (Å²) in [7, 11) is 3.06. The predicted octanol–water partition coefficient (Wildman–Crippen LogP) is 4.00. The molecule has 2 amide bonds. The molecule has 0 aliphatic carbocycles. The standard InChI is InChI=1S/C24H22N2O5/c1-15-7-4-5-9-18(15)25-22-21(16-10-11-19(29-2)20(13-16)30-3)23(27)26(24(22)28)14-17-8-6-12-31-17/h4-13,25H,14H2,1-3H3. The van der Waals surface area contributed by atoms with Crippen molar-refractivity contribution < 1.29 is 23.5 Å². The van der Waals surface area contributed by atoms with Gasteiger partial charge in [0.05, 0.1) is 32.6 Å². The molecule has 158 valence electrons. The van der Waals surface area contributed by atoms with E-state index in [0.717, 1.165) is 11.3 Å². The van der Waals surface area contributed by atoms with E-state index in [4.69, 9.17) is 13.9 Å². The molecular formula is C24H22N2O5. The molecular weight excluding hydrogens is 396 g/mol. The van der Waals surface area contributed by atoms with Gasteiger partial charge in [-0.3, -0.25) is 14.5 Å². The first-order chi connectivity index (χ1) is 15.0. The first kappa shape index (κ1) is 20.3. The van der Waals surface area contributed by atoms with Crippen LogP contribution in [0.1, 0.15) is 16.9 Å². The molecule has 7 nitrogen and oxygen atoms in total. The minimum Gasteiger partial charge on any atom is -0.493 e. The molecule has 0 fully saturated rings. The van der Waals surface area contributed by atoms with Crippen LogP contribution in [0.3, 0.4) is 0 Å². The number of para-hydroxylation sites is 1. The molecule has 0 bridgehead atoms. The molecule has 31 heavy (non-hydrogen) atoms. The van der Waals surface area contributed by atoms with Crippen molar-refractivity contribution in [1.82, 2.24) is 4.90 Å². The third-order valence-corrected chi connectivity index (χ3v) is 5.14. The highest BCUT2D eigenvalue weighted by Gasteiger charge is 2.40. The average Bonchev–Trinajstić information content (AvgIpc) is 3.38. The summed E-state index contributed by atoms with van der Waals surface area (Å²) in [6.07, 6.45) is 1.51. The van der Waals surface area contributed by atoms with Crippen LogP contribution in [-0.4, -0.2) is 30.9 Å². The quantitative estimate of drug-likeness (QED) is 0.584. The van der Waals surface area contributed by atoms with Gasteiger partial charge in [-0.25, -0.2) is 0 Å². The molecule has 0 spiro atoms. The zero-order valence-electron chi connectivity index (χ0n) is 17.5. The average molecular weight is 418 g/mol. The Balaban J connectivity index is 1.80. The molecule has 0 radical (unpaired) electrons. The second kappa shape index (κ2) is 8.39. The fourth-order valence-corrected chi connectivity index (χ4v) is 3.50. The van der Waals surface area contributed by atoms with E-state index in [1.807, 2.05) is 31.2 Å². The number of rotatable bonds is 7. The zero-order valence-corrected chi connectivity index (χ0v) is 17.5. The number of carbonyl (C=O) groups is 2. The van der Waals surface area contributed by atoms with Crippen molar-refractivity contribution in [2.75, 3.05) is 19.5 Å². The summed E-state index contributed by atoms with van der Waals surface area (Å²) in [4.78, 5) is 27.9. The molecule has 2 aromatic carbocycles. The van der Waals surface area contributed by atoms with E-state index in [1.165, 1.54) is 25.4 Å². The Morgan fingerprint density at radius 2 is 1.71 bits per heavy atom. The fraction of sp³-hybridized carbons (Fsp3) is 0.167. The number of methoxy groups -OCH3 is 2. The van der Waals surface area contributed by atoms with Crippen molar-refractivity contribution in [1.29, 1.82) is 0 Å². The smallest absolute Gasteiger partial charge is 0.278 e. The van der Waals surface area contributed by atoms with E-state index in [1.54, 1.807) is 30.3 Å². The van der Waals surface area contributed by atoms with Crippen molar-refractivity contribution in [3.05, 3.63) is 83.4 Å². The van der Waals surface area contributed by atoms with Gasteiger partial charge in [-0.15, -0.1) is 0 Å². The van der Waals surface area contributed by atoms with Gasteiger partial charge in [0.15, 0.2) is 11.5 Å². The number of furan rings is 1. The second-order valence-corrected chi connectivity index (χ2v) is 7.04. The molecule has 0 saturated heterocycles. The van der Waals surface area contributed by atoms with Crippen LogP contribution in [0.15, 0.2) is 71.0 Å². The van der Waals surface area contributed by atoms with Crippen LogP contribution < -0.4 is 14.8 Å². The summed E-state index contributed by atoms with van der Waals surface area (Å²) in [5, 5.41) is 3.18. The number of aryl methyl sites for hydroxylation is 1. The fourth-order valence-electron chi connectivity index (χ4n) is 3.50. The number of nitrogens with one attached hydrogen (secondary N) is 1. The molecule has 1 aromatic heterocycles. The normalized spacial score (nSPS) is 13.7. The number of imide groups is 1. The third kappa shape index (κ3) is 3.77. The van der Waals surface area contributed by atoms with Crippen LogP contribution in [0.2, 0.25) is 0 Å². The Kier molecular flexibility index (Phi) is 5.49. The largest absolute Gasteiger partial charge is 0.493 e. The molecule has 0 unspecified atom stereocenters. The van der Waals surface area contributed by atoms with E-state index in [2.05, 4.69) is 5.32 Å². The molecule has 4 rings (SSSR count). The number of anilines is 1. The molecule has 1 aliphatic heterocycles. The van der Waals surface area contributed by atoms with E-state index < -0.39 is 11.8 Å². The maximum Gasteiger partial charge on any atom is 0.278 e. The van der Waals surface area contributed by atoms with Gasteiger partial charge in [0.1, 0.15) is 11.5 Å². The number of carbonyl (C=O) groups excluding carboxylic acids is 2. The van der Waals surface area contributed by atoms with Gasteiger partial charge in [-0.1, -0.05) is 24.3 Å². The lowest BCUT2D eigenvalue weighted by Crippen LogP contribution is -2.31. The highest BCUT2D eigenvalue weighted by molar-refractivity contribution is 6.36. The predicted molar refractivity (Wildman–Crippen MR) is 116 cm³/mol. The SMILES string of the molecule is COc1ccc(C2=C(Nc3ccccc3C)C(=O)N(Cc3ccco3)C2=O)cc1OC. The van der Waals surface area contributed by atoms with Gasteiger partial charge in [0, 0.05) is 5.69 Å². The summed E-state index contributed by atoms with van der Waals surface area (Å²) in [6.45, 7) is 1.97. The minimum atomic E-state index is -0.422. The van der Waals surface area contributed by atoms with Gasteiger partial charge in [-0.2, -0.15) is 0 Å². The van der Waals surface area contributed by atoms with E-state index in [0.29, 0.717) is 22.8 Å². The number of nitrogens with zero attached hydrogens (tertiary/aromatic N) is 1. The maximum absolute atomic E-state index is 13.4. The van der Waals surface area contributed by atoms with Crippen molar-refractivity contribution in [2.24, 2.45) is 0 Å². The zero-order chi connectivity index (χ0) is 22.0. The van der Waals surface area contributed by atoms with Gasteiger partial charge in [-0.05, 0) is 48.4 Å². The molecule has 2 heterocycles. The molecule has 7 heteroatoms. The molecule has 3 aromatic rings. The van der Waals surface area contributed by atoms with Crippen LogP contribution in [0.25, 0.3) is 5.57 Å².